The van der Waals surface area contributed by atoms with E-state index in [-0.39, 0.29) is 30.3 Å². The molecule has 0 bridgehead atoms. The number of carbonyl (C=O) groups is 3. The van der Waals surface area contributed by atoms with Gasteiger partial charge in [0.1, 0.15) is 0 Å². The van der Waals surface area contributed by atoms with Gasteiger partial charge in [0.05, 0.1) is 12.2 Å². The van der Waals surface area contributed by atoms with Crippen LogP contribution in [-0.4, -0.2) is 58.5 Å². The smallest absolute Gasteiger partial charge is 0.306 e. The van der Waals surface area contributed by atoms with Crippen molar-refractivity contribution in [3.8, 4) is 0 Å². The summed E-state index contributed by atoms with van der Waals surface area (Å²) in [5.74, 6) is -2.90. The summed E-state index contributed by atoms with van der Waals surface area (Å²) in [6, 6.07) is 0. The topological polar surface area (TPSA) is 99.1 Å². The van der Waals surface area contributed by atoms with Gasteiger partial charge in [0.25, 0.3) is 0 Å². The molecule has 0 aromatic heterocycles. The first kappa shape index (κ1) is 37.4. The van der Waals surface area contributed by atoms with Crippen LogP contribution in [0, 0.1) is 22.7 Å². The van der Waals surface area contributed by atoms with Crippen molar-refractivity contribution in [3.63, 3.8) is 0 Å². The Balaban J connectivity index is 1.15. The van der Waals surface area contributed by atoms with Crippen molar-refractivity contribution >= 4 is 17.5 Å². The Kier molecular flexibility index (Phi) is 11.5. The zero-order valence-electron chi connectivity index (χ0n) is 30.3. The molecular formula is C40H61FO7. The van der Waals surface area contributed by atoms with Crippen molar-refractivity contribution in [3.05, 3.63) is 23.8 Å². The van der Waals surface area contributed by atoms with E-state index >= 15 is 4.39 Å². The summed E-state index contributed by atoms with van der Waals surface area (Å²) in [7, 11) is 0. The molecule has 1 N–H and O–H groups in total. The number of allylic oxidation sites excluding steroid dienone is 4. The van der Waals surface area contributed by atoms with E-state index in [2.05, 4.69) is 6.92 Å². The lowest BCUT2D eigenvalue weighted by Crippen LogP contribution is -2.70. The molecule has 5 aliphatic rings. The summed E-state index contributed by atoms with van der Waals surface area (Å²) < 4.78 is 36.1. The molecule has 1 saturated heterocycles. The standard InChI is InChI=1S/C40H61FO7/c1-6-7-8-9-10-11-12-13-14-15-16-17-18-19-35(45)46-27-33(44)40-34(47-36(2,3)48-40)25-31-30-21-20-28-24-29(42)22-23-37(28,4)39(30,41)32(43)26-38(31,40)5/h22-24,30-32,34,43H,6-21,25-27H2,1-5H3/t30-,31-,32-,34+,37-,38-,39-,40+/m0/s1. The van der Waals surface area contributed by atoms with Crippen LogP contribution in [0.25, 0.3) is 0 Å². The monoisotopic (exact) mass is 672 g/mol. The number of ketones is 2. The molecule has 270 valence electrons. The Morgan fingerprint density at radius 1 is 0.938 bits per heavy atom. The SMILES string of the molecule is CCCCCCCCCCCCCCCC(=O)OCC(=O)[C@@]12OC(C)(C)O[C@@H]1C[C@H]1[C@@H]3CCC4=CC(=O)C=C[C@]4(C)[C@@]3(F)[C@@H](O)C[C@@]12C. The maximum atomic E-state index is 17.6. The zero-order chi connectivity index (χ0) is 34.8. The number of aliphatic hydroxyl groups is 1. The summed E-state index contributed by atoms with van der Waals surface area (Å²) in [4.78, 5) is 39.2. The van der Waals surface area contributed by atoms with Crippen molar-refractivity contribution < 1.29 is 38.1 Å². The van der Waals surface area contributed by atoms with Gasteiger partial charge in [0, 0.05) is 23.2 Å². The number of esters is 1. The normalized spacial score (nSPS) is 37.7. The van der Waals surface area contributed by atoms with Crippen LogP contribution in [0.15, 0.2) is 23.8 Å². The van der Waals surface area contributed by atoms with Gasteiger partial charge in [-0.2, -0.15) is 0 Å². The first-order valence-electron chi connectivity index (χ1n) is 19.1. The Bertz CT molecular complexity index is 1260. The van der Waals surface area contributed by atoms with Gasteiger partial charge < -0.3 is 19.3 Å². The maximum absolute atomic E-state index is 17.6. The molecule has 3 saturated carbocycles. The number of hydrogen-bond donors (Lipinski definition) is 1. The predicted molar refractivity (Wildman–Crippen MR) is 183 cm³/mol. The van der Waals surface area contributed by atoms with E-state index in [4.69, 9.17) is 14.2 Å². The molecule has 0 aromatic carbocycles. The van der Waals surface area contributed by atoms with E-state index in [9.17, 15) is 19.5 Å². The summed E-state index contributed by atoms with van der Waals surface area (Å²) in [5, 5.41) is 11.7. The second-order valence-electron chi connectivity index (χ2n) is 16.4. The summed E-state index contributed by atoms with van der Waals surface area (Å²) in [6.45, 7) is 9.04. The van der Waals surface area contributed by atoms with Crippen molar-refractivity contribution in [1.82, 2.24) is 0 Å². The molecule has 0 radical (unpaired) electrons. The van der Waals surface area contributed by atoms with Crippen LogP contribution in [-0.2, 0) is 28.6 Å². The Labute approximate surface area is 287 Å². The third kappa shape index (κ3) is 6.64. The Morgan fingerprint density at radius 3 is 2.17 bits per heavy atom. The van der Waals surface area contributed by atoms with Gasteiger partial charge in [-0.1, -0.05) is 103 Å². The van der Waals surface area contributed by atoms with Crippen molar-refractivity contribution in [2.75, 3.05) is 6.61 Å². The average molecular weight is 673 g/mol. The van der Waals surface area contributed by atoms with E-state index in [1.54, 1.807) is 26.8 Å². The molecule has 1 heterocycles. The fourth-order valence-electron chi connectivity index (χ4n) is 10.4. The molecule has 8 heteroatoms. The van der Waals surface area contributed by atoms with Crippen LogP contribution in [0.3, 0.4) is 0 Å². The first-order valence-corrected chi connectivity index (χ1v) is 19.1. The number of rotatable bonds is 17. The van der Waals surface area contributed by atoms with Crippen LogP contribution in [0.4, 0.5) is 4.39 Å². The molecule has 0 amide bonds. The number of carbonyl (C=O) groups excluding carboxylic acids is 3. The highest BCUT2D eigenvalue weighted by Crippen LogP contribution is 2.72. The van der Waals surface area contributed by atoms with E-state index in [0.717, 1.165) is 19.3 Å². The molecule has 1 aliphatic heterocycles. The molecule has 4 aliphatic carbocycles. The van der Waals surface area contributed by atoms with E-state index in [1.165, 1.54) is 76.4 Å². The number of fused-ring (bicyclic) bond motifs is 7. The van der Waals surface area contributed by atoms with Crippen LogP contribution in [0.5, 0.6) is 0 Å². The van der Waals surface area contributed by atoms with Crippen molar-refractivity contribution in [2.24, 2.45) is 22.7 Å². The second-order valence-corrected chi connectivity index (χ2v) is 16.4. The average Bonchev–Trinajstić information content (AvgIpc) is 3.44. The van der Waals surface area contributed by atoms with Crippen molar-refractivity contribution in [2.45, 2.75) is 179 Å². The third-order valence-electron chi connectivity index (χ3n) is 12.9. The highest BCUT2D eigenvalue weighted by atomic mass is 19.1. The van der Waals surface area contributed by atoms with Crippen LogP contribution < -0.4 is 0 Å². The van der Waals surface area contributed by atoms with Gasteiger partial charge in [-0.3, -0.25) is 14.4 Å². The van der Waals surface area contributed by atoms with Gasteiger partial charge >= 0.3 is 5.97 Å². The van der Waals surface area contributed by atoms with Gasteiger partial charge in [0.2, 0.25) is 5.78 Å². The summed E-state index contributed by atoms with van der Waals surface area (Å²) in [5.41, 5.74) is -4.85. The van der Waals surface area contributed by atoms with Gasteiger partial charge in [0.15, 0.2) is 29.4 Å². The molecule has 8 atom stereocenters. The predicted octanol–water partition coefficient (Wildman–Crippen LogP) is 8.45. The zero-order valence-corrected chi connectivity index (χ0v) is 30.3. The number of hydrogen-bond acceptors (Lipinski definition) is 7. The van der Waals surface area contributed by atoms with Crippen LogP contribution >= 0.6 is 0 Å². The number of unbranched alkanes of at least 4 members (excludes halogenated alkanes) is 12. The summed E-state index contributed by atoms with van der Waals surface area (Å²) >= 11 is 0. The van der Waals surface area contributed by atoms with E-state index in [0.29, 0.717) is 24.8 Å². The number of ether oxygens (including phenoxy) is 3. The molecule has 48 heavy (non-hydrogen) atoms. The van der Waals surface area contributed by atoms with E-state index in [1.807, 2.05) is 6.92 Å². The largest absolute Gasteiger partial charge is 0.458 e. The number of alkyl halides is 1. The number of aliphatic hydroxyl groups excluding tert-OH is 1. The summed E-state index contributed by atoms with van der Waals surface area (Å²) in [6.07, 6.45) is 20.0. The first-order chi connectivity index (χ1) is 22.7. The van der Waals surface area contributed by atoms with Gasteiger partial charge in [-0.05, 0) is 70.9 Å². The molecule has 5 rings (SSSR count). The van der Waals surface area contributed by atoms with E-state index < -0.39 is 58.6 Å². The lowest BCUT2D eigenvalue weighted by atomic mass is 9.44. The highest BCUT2D eigenvalue weighted by molar-refractivity contribution is 6.01. The van der Waals surface area contributed by atoms with Crippen LogP contribution in [0.2, 0.25) is 0 Å². The minimum absolute atomic E-state index is 0.0100. The molecule has 7 nitrogen and oxygen atoms in total. The quantitative estimate of drug-likeness (QED) is 0.122. The molecule has 0 unspecified atom stereocenters. The molecule has 0 aromatic rings. The Hall–Kier alpha value is -1.90. The lowest BCUT2D eigenvalue weighted by molar-refractivity contribution is -0.246. The van der Waals surface area contributed by atoms with Gasteiger partial charge in [-0.15, -0.1) is 0 Å². The number of halogens is 1. The highest BCUT2D eigenvalue weighted by Gasteiger charge is 2.80. The fraction of sp³-hybridized carbons (Fsp3) is 0.825. The molecule has 0 spiro atoms. The van der Waals surface area contributed by atoms with Gasteiger partial charge in [-0.25, -0.2) is 4.39 Å². The molecule has 4 fully saturated rings. The second kappa shape index (κ2) is 14.8. The Morgan fingerprint density at radius 2 is 1.54 bits per heavy atom. The molecular weight excluding hydrogens is 611 g/mol. The minimum Gasteiger partial charge on any atom is -0.458 e. The minimum atomic E-state index is -2.02. The lowest BCUT2D eigenvalue weighted by Gasteiger charge is -2.62. The fourth-order valence-corrected chi connectivity index (χ4v) is 10.4. The third-order valence-corrected chi connectivity index (χ3v) is 12.9. The van der Waals surface area contributed by atoms with Crippen molar-refractivity contribution in [1.29, 1.82) is 0 Å². The number of Topliss-reactive ketones (excluding diaryl/α,β-unsaturated/α-hetero) is 1. The van der Waals surface area contributed by atoms with Crippen LogP contribution in [0.1, 0.15) is 150 Å². The maximum Gasteiger partial charge on any atom is 0.306 e.